The van der Waals surface area contributed by atoms with E-state index < -0.39 is 18.0 Å². The SMILES string of the molecule is O=C(Oc1ccccc1NC(CCc1ccc(OCCCNc2ccccc2Cl)cc1)C(=O)O)c1ccccc1. The summed E-state index contributed by atoms with van der Waals surface area (Å²) < 4.78 is 11.4. The lowest BCUT2D eigenvalue weighted by molar-refractivity contribution is -0.138. The first-order valence-electron chi connectivity index (χ1n) is 13.1. The Morgan fingerprint density at radius 3 is 2.23 bits per heavy atom. The van der Waals surface area contributed by atoms with Crippen LogP contribution < -0.4 is 20.1 Å². The summed E-state index contributed by atoms with van der Waals surface area (Å²) in [5.41, 5.74) is 2.74. The number of ether oxygens (including phenoxy) is 2. The van der Waals surface area contributed by atoms with Gasteiger partial charge < -0.3 is 25.2 Å². The van der Waals surface area contributed by atoms with Crippen molar-refractivity contribution in [1.29, 1.82) is 0 Å². The van der Waals surface area contributed by atoms with Gasteiger partial charge >= 0.3 is 11.9 Å². The highest BCUT2D eigenvalue weighted by Crippen LogP contribution is 2.27. The van der Waals surface area contributed by atoms with Crippen molar-refractivity contribution in [3.8, 4) is 11.5 Å². The molecule has 0 amide bonds. The fourth-order valence-corrected chi connectivity index (χ4v) is 4.21. The van der Waals surface area contributed by atoms with Crippen molar-refractivity contribution in [3.05, 3.63) is 119 Å². The Balaban J connectivity index is 1.25. The van der Waals surface area contributed by atoms with Crippen molar-refractivity contribution in [2.24, 2.45) is 0 Å². The van der Waals surface area contributed by atoms with E-state index in [4.69, 9.17) is 21.1 Å². The minimum atomic E-state index is -0.991. The lowest BCUT2D eigenvalue weighted by Gasteiger charge is -2.18. The lowest BCUT2D eigenvalue weighted by atomic mass is 10.0. The van der Waals surface area contributed by atoms with Gasteiger partial charge in [-0.1, -0.05) is 66.2 Å². The van der Waals surface area contributed by atoms with Crippen LogP contribution in [0.15, 0.2) is 103 Å². The normalized spacial score (nSPS) is 11.3. The van der Waals surface area contributed by atoms with Crippen molar-refractivity contribution >= 4 is 34.9 Å². The molecule has 3 N–H and O–H groups in total. The number of hydrogen-bond donors (Lipinski definition) is 3. The smallest absolute Gasteiger partial charge is 0.343 e. The zero-order valence-corrected chi connectivity index (χ0v) is 22.6. The fraction of sp³-hybridized carbons (Fsp3) is 0.188. The molecule has 0 aliphatic carbocycles. The standard InChI is InChI=1S/C32H31ClN2O5/c33-26-11-4-5-12-27(26)34-21-8-22-39-25-18-15-23(16-19-25)17-20-29(31(36)37)35-28-13-6-7-14-30(28)40-32(38)24-9-2-1-3-10-24/h1-7,9-16,18-19,29,34-35H,8,17,20-22H2,(H,36,37). The van der Waals surface area contributed by atoms with Gasteiger partial charge in [-0.3, -0.25) is 0 Å². The molecule has 8 heteroatoms. The summed E-state index contributed by atoms with van der Waals surface area (Å²) in [6.45, 7) is 1.29. The summed E-state index contributed by atoms with van der Waals surface area (Å²) in [6, 6.07) is 29.8. The lowest BCUT2D eigenvalue weighted by Crippen LogP contribution is -2.30. The summed E-state index contributed by atoms with van der Waals surface area (Å²) in [7, 11) is 0. The van der Waals surface area contributed by atoms with E-state index in [1.54, 1.807) is 48.5 Å². The van der Waals surface area contributed by atoms with Gasteiger partial charge in [0.05, 0.1) is 28.6 Å². The number of carboxylic acids is 1. The second-order valence-corrected chi connectivity index (χ2v) is 9.49. The highest BCUT2D eigenvalue weighted by atomic mass is 35.5. The molecular weight excluding hydrogens is 528 g/mol. The predicted molar refractivity (Wildman–Crippen MR) is 158 cm³/mol. The predicted octanol–water partition coefficient (Wildman–Crippen LogP) is 6.94. The molecule has 0 heterocycles. The highest BCUT2D eigenvalue weighted by molar-refractivity contribution is 6.33. The van der Waals surface area contributed by atoms with Gasteiger partial charge in [-0.25, -0.2) is 9.59 Å². The molecule has 0 saturated carbocycles. The average Bonchev–Trinajstić information content (AvgIpc) is 2.97. The molecule has 40 heavy (non-hydrogen) atoms. The largest absolute Gasteiger partial charge is 0.494 e. The van der Waals surface area contributed by atoms with E-state index in [0.717, 1.165) is 30.0 Å². The molecule has 0 fully saturated rings. The van der Waals surface area contributed by atoms with E-state index in [1.807, 2.05) is 54.6 Å². The summed E-state index contributed by atoms with van der Waals surface area (Å²) in [6.07, 6.45) is 1.68. The zero-order chi connectivity index (χ0) is 28.2. The highest BCUT2D eigenvalue weighted by Gasteiger charge is 2.20. The molecule has 1 unspecified atom stereocenters. The van der Waals surface area contributed by atoms with Crippen molar-refractivity contribution < 1.29 is 24.2 Å². The number of hydrogen-bond acceptors (Lipinski definition) is 6. The van der Waals surface area contributed by atoms with Crippen molar-refractivity contribution in [2.75, 3.05) is 23.8 Å². The number of benzene rings is 4. The van der Waals surface area contributed by atoms with E-state index in [0.29, 0.717) is 35.7 Å². The number of anilines is 2. The number of esters is 1. The second-order valence-electron chi connectivity index (χ2n) is 9.08. The van der Waals surface area contributed by atoms with Crippen LogP contribution in [0.3, 0.4) is 0 Å². The molecular formula is C32H31ClN2O5. The molecule has 4 aromatic carbocycles. The number of aliphatic carboxylic acids is 1. The topological polar surface area (TPSA) is 96.9 Å². The third kappa shape index (κ3) is 8.51. The first-order chi connectivity index (χ1) is 19.5. The van der Waals surface area contributed by atoms with Crippen molar-refractivity contribution in [2.45, 2.75) is 25.3 Å². The Morgan fingerprint density at radius 1 is 0.825 bits per heavy atom. The summed E-state index contributed by atoms with van der Waals surface area (Å²) in [5, 5.41) is 16.8. The summed E-state index contributed by atoms with van der Waals surface area (Å²) in [4.78, 5) is 24.5. The molecule has 0 saturated heterocycles. The Hall–Kier alpha value is -4.49. The Kier molecular flexibility index (Phi) is 10.4. The molecule has 4 rings (SSSR count). The molecule has 7 nitrogen and oxygen atoms in total. The van der Waals surface area contributed by atoms with Gasteiger partial charge in [-0.2, -0.15) is 0 Å². The second kappa shape index (κ2) is 14.6. The Bertz CT molecular complexity index is 1400. The number of halogens is 1. The average molecular weight is 559 g/mol. The summed E-state index contributed by atoms with van der Waals surface area (Å²) in [5.74, 6) is -0.481. The third-order valence-electron chi connectivity index (χ3n) is 6.15. The van der Waals surface area contributed by atoms with Crippen LogP contribution >= 0.6 is 11.6 Å². The van der Waals surface area contributed by atoms with E-state index >= 15 is 0 Å². The van der Waals surface area contributed by atoms with Crippen molar-refractivity contribution in [1.82, 2.24) is 0 Å². The number of carbonyl (C=O) groups is 2. The van der Waals surface area contributed by atoms with E-state index in [-0.39, 0.29) is 5.75 Å². The molecule has 1 atom stereocenters. The molecule has 0 aliphatic rings. The fourth-order valence-electron chi connectivity index (χ4n) is 4.01. The van der Waals surface area contributed by atoms with Gasteiger partial charge in [-0.15, -0.1) is 0 Å². The number of carbonyl (C=O) groups excluding carboxylic acids is 1. The molecule has 0 aromatic heterocycles. The number of carboxylic acid groups (broad SMARTS) is 1. The first-order valence-corrected chi connectivity index (χ1v) is 13.4. The van der Waals surface area contributed by atoms with Gasteiger partial charge in [0, 0.05) is 6.54 Å². The van der Waals surface area contributed by atoms with E-state index in [2.05, 4.69) is 10.6 Å². The van der Waals surface area contributed by atoms with Crippen LogP contribution in [-0.2, 0) is 11.2 Å². The van der Waals surface area contributed by atoms with Crippen molar-refractivity contribution in [3.63, 3.8) is 0 Å². The van der Waals surface area contributed by atoms with Crippen LogP contribution in [0.4, 0.5) is 11.4 Å². The Labute approximate surface area is 238 Å². The molecule has 0 spiro atoms. The van der Waals surface area contributed by atoms with E-state index in [1.165, 1.54) is 0 Å². The number of rotatable bonds is 14. The third-order valence-corrected chi connectivity index (χ3v) is 6.48. The Morgan fingerprint density at radius 2 is 1.50 bits per heavy atom. The van der Waals surface area contributed by atoms with Crippen LogP contribution in [0.25, 0.3) is 0 Å². The van der Waals surface area contributed by atoms with Crippen LogP contribution in [0.5, 0.6) is 11.5 Å². The maximum Gasteiger partial charge on any atom is 0.343 e. The zero-order valence-electron chi connectivity index (χ0n) is 21.9. The van der Waals surface area contributed by atoms with Crippen LogP contribution in [0, 0.1) is 0 Å². The van der Waals surface area contributed by atoms with Crippen LogP contribution in [-0.4, -0.2) is 36.2 Å². The number of aryl methyl sites for hydroxylation is 1. The van der Waals surface area contributed by atoms with Gasteiger partial charge in [0.2, 0.25) is 0 Å². The van der Waals surface area contributed by atoms with E-state index in [9.17, 15) is 14.7 Å². The van der Waals surface area contributed by atoms with Gasteiger partial charge in [0.25, 0.3) is 0 Å². The minimum Gasteiger partial charge on any atom is -0.494 e. The van der Waals surface area contributed by atoms with Gasteiger partial charge in [0.15, 0.2) is 5.75 Å². The quantitative estimate of drug-likeness (QED) is 0.0876. The maximum absolute atomic E-state index is 12.5. The minimum absolute atomic E-state index is 0.270. The maximum atomic E-state index is 12.5. The number of para-hydroxylation sites is 3. The molecule has 4 aromatic rings. The molecule has 0 bridgehead atoms. The molecule has 0 radical (unpaired) electrons. The van der Waals surface area contributed by atoms with Gasteiger partial charge in [0.1, 0.15) is 11.8 Å². The van der Waals surface area contributed by atoms with Gasteiger partial charge in [-0.05, 0) is 73.4 Å². The van der Waals surface area contributed by atoms with Crippen LogP contribution in [0.1, 0.15) is 28.8 Å². The van der Waals surface area contributed by atoms with Crippen LogP contribution in [0.2, 0.25) is 5.02 Å². The number of nitrogens with one attached hydrogen (secondary N) is 2. The molecule has 206 valence electrons. The monoisotopic (exact) mass is 558 g/mol. The molecule has 0 aliphatic heterocycles. The summed E-state index contributed by atoms with van der Waals surface area (Å²) >= 11 is 6.15. The first kappa shape index (κ1) is 28.5.